The van der Waals surface area contributed by atoms with E-state index in [1.54, 1.807) is 26.0 Å². The van der Waals surface area contributed by atoms with Gasteiger partial charge >= 0.3 is 11.9 Å². The van der Waals surface area contributed by atoms with Crippen molar-refractivity contribution >= 4 is 27.9 Å². The smallest absolute Gasteiger partial charge is 0.305 e. The van der Waals surface area contributed by atoms with Gasteiger partial charge in [-0.25, -0.2) is 0 Å². The molecule has 1 aromatic carbocycles. The van der Waals surface area contributed by atoms with Gasteiger partial charge in [-0.05, 0) is 67.2 Å². The molecule has 0 aliphatic carbocycles. The van der Waals surface area contributed by atoms with Gasteiger partial charge in [-0.2, -0.15) is 5.26 Å². The van der Waals surface area contributed by atoms with Crippen LogP contribution < -0.4 is 4.74 Å². The van der Waals surface area contributed by atoms with Gasteiger partial charge in [0, 0.05) is 12.8 Å². The lowest BCUT2D eigenvalue weighted by Crippen LogP contribution is -2.27. The third-order valence-electron chi connectivity index (χ3n) is 4.12. The lowest BCUT2D eigenvalue weighted by atomic mass is 9.74. The number of esters is 2. The van der Waals surface area contributed by atoms with E-state index in [-0.39, 0.29) is 50.8 Å². The summed E-state index contributed by atoms with van der Waals surface area (Å²) in [5.41, 5.74) is -0.291. The van der Waals surface area contributed by atoms with Gasteiger partial charge in [0.25, 0.3) is 0 Å². The zero-order chi connectivity index (χ0) is 20.3. The third kappa shape index (κ3) is 6.87. The van der Waals surface area contributed by atoms with E-state index in [1.165, 1.54) is 0 Å². The molecule has 0 unspecified atom stereocenters. The molecule has 0 heterocycles. The molecule has 0 aliphatic heterocycles. The van der Waals surface area contributed by atoms with Crippen LogP contribution in [0.3, 0.4) is 0 Å². The molecule has 0 bridgehead atoms. The van der Waals surface area contributed by atoms with Crippen LogP contribution in [-0.4, -0.2) is 31.8 Å². The van der Waals surface area contributed by atoms with Gasteiger partial charge in [0.15, 0.2) is 0 Å². The number of carbonyl (C=O) groups excluding carboxylic acids is 2. The first-order valence-corrected chi connectivity index (χ1v) is 9.87. The van der Waals surface area contributed by atoms with Crippen molar-refractivity contribution in [2.45, 2.75) is 51.9 Å². The Morgan fingerprint density at radius 2 is 1.59 bits per heavy atom. The predicted octanol–water partition coefficient (Wildman–Crippen LogP) is 4.30. The molecule has 27 heavy (non-hydrogen) atoms. The molecule has 148 valence electrons. The van der Waals surface area contributed by atoms with E-state index in [4.69, 9.17) is 14.2 Å². The SMILES string of the molecule is CCOC(=O)CCC(C#N)(CCC(=O)OCC)c1ccc(OCC)c(Br)c1. The van der Waals surface area contributed by atoms with Gasteiger partial charge < -0.3 is 14.2 Å². The minimum absolute atomic E-state index is 0.0923. The van der Waals surface area contributed by atoms with Gasteiger partial charge in [0.05, 0.1) is 35.8 Å². The molecule has 0 atom stereocenters. The van der Waals surface area contributed by atoms with E-state index < -0.39 is 5.41 Å². The van der Waals surface area contributed by atoms with Crippen LogP contribution in [0.1, 0.15) is 52.0 Å². The van der Waals surface area contributed by atoms with Crippen LogP contribution in [0.2, 0.25) is 0 Å². The summed E-state index contributed by atoms with van der Waals surface area (Å²) in [5, 5.41) is 9.98. The molecule has 0 aliphatic rings. The monoisotopic (exact) mass is 439 g/mol. The Kier molecular flexibility index (Phi) is 9.87. The second-order valence-corrected chi connectivity index (χ2v) is 6.74. The highest BCUT2D eigenvalue weighted by molar-refractivity contribution is 9.10. The van der Waals surface area contributed by atoms with Crippen molar-refractivity contribution in [1.29, 1.82) is 5.26 Å². The Morgan fingerprint density at radius 3 is 2.00 bits per heavy atom. The summed E-state index contributed by atoms with van der Waals surface area (Å²) < 4.78 is 16.2. The number of hydrogen-bond donors (Lipinski definition) is 0. The normalized spacial score (nSPS) is 10.8. The van der Waals surface area contributed by atoms with Crippen molar-refractivity contribution in [3.63, 3.8) is 0 Å². The zero-order valence-corrected chi connectivity index (χ0v) is 17.6. The number of benzene rings is 1. The zero-order valence-electron chi connectivity index (χ0n) is 16.0. The van der Waals surface area contributed by atoms with Crippen LogP contribution in [0.4, 0.5) is 0 Å². The van der Waals surface area contributed by atoms with Crippen molar-refractivity contribution in [2.24, 2.45) is 0 Å². The molecule has 0 aromatic heterocycles. The fraction of sp³-hybridized carbons (Fsp3) is 0.550. The van der Waals surface area contributed by atoms with Crippen LogP contribution in [0.5, 0.6) is 5.75 Å². The summed E-state index contributed by atoms with van der Waals surface area (Å²) in [6.07, 6.45) is 0.689. The number of nitrogens with zero attached hydrogens (tertiary/aromatic N) is 1. The lowest BCUT2D eigenvalue weighted by molar-refractivity contribution is -0.143. The molecule has 0 radical (unpaired) electrons. The maximum atomic E-state index is 11.8. The summed E-state index contributed by atoms with van der Waals surface area (Å²) in [4.78, 5) is 23.7. The number of carbonyl (C=O) groups is 2. The molecular weight excluding hydrogens is 414 g/mol. The number of ether oxygens (including phenoxy) is 3. The molecule has 0 N–H and O–H groups in total. The first-order valence-electron chi connectivity index (χ1n) is 9.07. The van der Waals surface area contributed by atoms with Crippen molar-refractivity contribution in [1.82, 2.24) is 0 Å². The second-order valence-electron chi connectivity index (χ2n) is 5.88. The Hall–Kier alpha value is -2.07. The van der Waals surface area contributed by atoms with Gasteiger partial charge in [-0.15, -0.1) is 0 Å². The minimum atomic E-state index is -1.01. The first kappa shape index (κ1) is 23.0. The second kappa shape index (κ2) is 11.6. The van der Waals surface area contributed by atoms with E-state index in [2.05, 4.69) is 22.0 Å². The van der Waals surface area contributed by atoms with Crippen molar-refractivity contribution < 1.29 is 23.8 Å². The first-order chi connectivity index (χ1) is 12.9. The van der Waals surface area contributed by atoms with E-state index >= 15 is 0 Å². The predicted molar refractivity (Wildman–Crippen MR) is 104 cm³/mol. The average molecular weight is 440 g/mol. The van der Waals surface area contributed by atoms with Gasteiger partial charge in [-0.3, -0.25) is 9.59 Å². The molecule has 0 saturated heterocycles. The highest BCUT2D eigenvalue weighted by Crippen LogP contribution is 2.38. The summed E-state index contributed by atoms with van der Waals surface area (Å²) in [6.45, 7) is 6.46. The van der Waals surface area contributed by atoms with Crippen LogP contribution >= 0.6 is 15.9 Å². The van der Waals surface area contributed by atoms with Crippen molar-refractivity contribution in [3.8, 4) is 11.8 Å². The Labute approximate surface area is 168 Å². The van der Waals surface area contributed by atoms with Crippen molar-refractivity contribution in [3.05, 3.63) is 28.2 Å². The number of rotatable bonds is 11. The summed E-state index contributed by atoms with van der Waals surface area (Å²) in [6, 6.07) is 7.72. The topological polar surface area (TPSA) is 85.6 Å². The Balaban J connectivity index is 3.14. The molecule has 7 heteroatoms. The van der Waals surface area contributed by atoms with E-state index in [1.807, 2.05) is 13.0 Å². The Bertz CT molecular complexity index is 661. The fourth-order valence-electron chi connectivity index (χ4n) is 2.76. The minimum Gasteiger partial charge on any atom is -0.493 e. The number of hydrogen-bond acceptors (Lipinski definition) is 6. The molecule has 0 spiro atoms. The highest BCUT2D eigenvalue weighted by atomic mass is 79.9. The van der Waals surface area contributed by atoms with Gasteiger partial charge in [-0.1, -0.05) is 6.07 Å². The van der Waals surface area contributed by atoms with E-state index in [9.17, 15) is 14.9 Å². The molecular formula is C20H26BrNO5. The standard InChI is InChI=1S/C20H26BrNO5/c1-4-25-17-8-7-15(13-16(17)21)20(14-22,11-9-18(23)26-5-2)12-10-19(24)27-6-3/h7-8,13H,4-6,9-12H2,1-3H3. The van der Waals surface area contributed by atoms with E-state index in [0.717, 1.165) is 0 Å². The van der Waals surface area contributed by atoms with Crippen molar-refractivity contribution in [2.75, 3.05) is 19.8 Å². The average Bonchev–Trinajstić information content (AvgIpc) is 2.65. The van der Waals surface area contributed by atoms with Crippen LogP contribution in [0.15, 0.2) is 22.7 Å². The van der Waals surface area contributed by atoms with Gasteiger partial charge in [0.1, 0.15) is 5.75 Å². The third-order valence-corrected chi connectivity index (χ3v) is 4.74. The molecule has 0 amide bonds. The summed E-state index contributed by atoms with van der Waals surface area (Å²) >= 11 is 3.46. The van der Waals surface area contributed by atoms with Crippen LogP contribution in [0, 0.1) is 11.3 Å². The van der Waals surface area contributed by atoms with Crippen LogP contribution in [0.25, 0.3) is 0 Å². The lowest BCUT2D eigenvalue weighted by Gasteiger charge is -2.27. The molecule has 1 aromatic rings. The molecule has 0 saturated carbocycles. The quantitative estimate of drug-likeness (QED) is 0.477. The fourth-order valence-corrected chi connectivity index (χ4v) is 3.25. The van der Waals surface area contributed by atoms with Crippen LogP contribution in [-0.2, 0) is 24.5 Å². The highest BCUT2D eigenvalue weighted by Gasteiger charge is 2.34. The largest absolute Gasteiger partial charge is 0.493 e. The molecule has 1 rings (SSSR count). The summed E-state index contributed by atoms with van der Waals surface area (Å²) in [7, 11) is 0. The van der Waals surface area contributed by atoms with E-state index in [0.29, 0.717) is 22.4 Å². The Morgan fingerprint density at radius 1 is 1.04 bits per heavy atom. The summed E-state index contributed by atoms with van der Waals surface area (Å²) in [5.74, 6) is -0.0552. The van der Waals surface area contributed by atoms with Gasteiger partial charge in [0.2, 0.25) is 0 Å². The maximum Gasteiger partial charge on any atom is 0.305 e. The molecule has 6 nitrogen and oxygen atoms in total. The number of halogens is 1. The molecule has 0 fully saturated rings. The number of nitriles is 1. The maximum absolute atomic E-state index is 11.8.